The van der Waals surface area contributed by atoms with Gasteiger partial charge in [-0.15, -0.1) is 0 Å². The van der Waals surface area contributed by atoms with Crippen molar-refractivity contribution in [1.29, 1.82) is 0 Å². The van der Waals surface area contributed by atoms with E-state index in [9.17, 15) is 23.8 Å². The lowest BCUT2D eigenvalue weighted by Gasteiger charge is -2.52. The molecule has 0 bridgehead atoms. The maximum Gasteiger partial charge on any atom is 0.225 e. The maximum atomic E-state index is 13.6. The first-order valence-corrected chi connectivity index (χ1v) is 10.5. The number of carbonyl (C=O) groups is 1. The van der Waals surface area contributed by atoms with E-state index in [0.717, 1.165) is 38.2 Å². The van der Waals surface area contributed by atoms with Crippen molar-refractivity contribution in [2.24, 2.45) is 5.92 Å². The van der Waals surface area contributed by atoms with Crippen LogP contribution < -0.4 is 10.6 Å². The molecule has 1 aliphatic carbocycles. The molecule has 3 rings (SSSR count). The Bertz CT molecular complexity index is 715. The fourth-order valence-corrected chi connectivity index (χ4v) is 5.34. The molecular weight excluding hydrogens is 378 g/mol. The summed E-state index contributed by atoms with van der Waals surface area (Å²) in [4.78, 5) is 12.6. The van der Waals surface area contributed by atoms with Crippen molar-refractivity contribution in [2.45, 2.75) is 81.6 Å². The second-order valence-corrected chi connectivity index (χ2v) is 9.16. The second kappa shape index (κ2) is 8.66. The first kappa shape index (κ1) is 22.1. The fraction of sp³-hybridized carbons (Fsp3) is 0.682. The van der Waals surface area contributed by atoms with Gasteiger partial charge in [0.25, 0.3) is 0 Å². The van der Waals surface area contributed by atoms with Gasteiger partial charge < -0.3 is 20.8 Å². The van der Waals surface area contributed by atoms with Crippen molar-refractivity contribution in [3.05, 3.63) is 35.4 Å². The van der Waals surface area contributed by atoms with Gasteiger partial charge in [0, 0.05) is 24.7 Å². The number of hydrogen-bond donors (Lipinski definition) is 4. The number of amides is 1. The van der Waals surface area contributed by atoms with Crippen LogP contribution in [-0.4, -0.2) is 46.5 Å². The summed E-state index contributed by atoms with van der Waals surface area (Å²) in [5, 5.41) is 28.2. The third-order valence-corrected chi connectivity index (χ3v) is 6.47. The van der Waals surface area contributed by atoms with Crippen LogP contribution in [0.1, 0.15) is 57.4 Å². The summed E-state index contributed by atoms with van der Waals surface area (Å²) < 4.78 is 27.2. The minimum absolute atomic E-state index is 0.00282. The molecule has 1 aromatic carbocycles. The Labute approximate surface area is 170 Å². The Morgan fingerprint density at radius 2 is 1.86 bits per heavy atom. The molecule has 1 spiro atoms. The maximum absolute atomic E-state index is 13.6. The molecule has 162 valence electrons. The number of halogens is 2. The van der Waals surface area contributed by atoms with Crippen molar-refractivity contribution < 1.29 is 23.8 Å². The summed E-state index contributed by atoms with van der Waals surface area (Å²) >= 11 is 0. The lowest BCUT2D eigenvalue weighted by atomic mass is 9.68. The average Bonchev–Trinajstić information content (AvgIpc) is 2.63. The second-order valence-electron chi connectivity index (χ2n) is 9.16. The van der Waals surface area contributed by atoms with E-state index in [1.807, 2.05) is 0 Å². The number of nitrogens with one attached hydrogen (secondary N) is 2. The van der Waals surface area contributed by atoms with E-state index < -0.39 is 41.2 Å². The summed E-state index contributed by atoms with van der Waals surface area (Å²) in [6, 6.07) is 2.65. The minimum Gasteiger partial charge on any atom is -0.391 e. The van der Waals surface area contributed by atoms with Crippen molar-refractivity contribution in [3.8, 4) is 0 Å². The molecule has 2 fully saturated rings. The molecule has 1 aromatic rings. The topological polar surface area (TPSA) is 81.6 Å². The van der Waals surface area contributed by atoms with Gasteiger partial charge in [-0.05, 0) is 56.7 Å². The minimum atomic E-state index is -1.10. The Morgan fingerprint density at radius 1 is 1.24 bits per heavy atom. The van der Waals surface area contributed by atoms with E-state index in [2.05, 4.69) is 10.6 Å². The Morgan fingerprint density at radius 3 is 2.45 bits per heavy atom. The summed E-state index contributed by atoms with van der Waals surface area (Å²) in [6.45, 7) is 1.78. The summed E-state index contributed by atoms with van der Waals surface area (Å²) in [5.74, 6) is -2.73. The Balaban J connectivity index is 1.84. The highest BCUT2D eigenvalue weighted by Crippen LogP contribution is 2.41. The van der Waals surface area contributed by atoms with E-state index in [0.29, 0.717) is 18.4 Å². The number of rotatable bonds is 5. The zero-order valence-corrected chi connectivity index (χ0v) is 17.2. The molecule has 1 heterocycles. The fourth-order valence-electron chi connectivity index (χ4n) is 5.34. The van der Waals surface area contributed by atoms with Crippen LogP contribution >= 0.6 is 0 Å². The smallest absolute Gasteiger partial charge is 0.225 e. The molecule has 4 atom stereocenters. The third kappa shape index (κ3) is 5.32. The van der Waals surface area contributed by atoms with Crippen LogP contribution in [0, 0.1) is 17.6 Å². The zero-order chi connectivity index (χ0) is 21.2. The lowest BCUT2D eigenvalue weighted by molar-refractivity contribution is -0.131. The van der Waals surface area contributed by atoms with E-state index in [1.165, 1.54) is 19.2 Å². The van der Waals surface area contributed by atoms with E-state index in [-0.39, 0.29) is 12.0 Å². The zero-order valence-electron chi connectivity index (χ0n) is 17.2. The van der Waals surface area contributed by atoms with Gasteiger partial charge in [-0.25, -0.2) is 8.78 Å². The molecule has 1 saturated heterocycles. The highest BCUT2D eigenvalue weighted by molar-refractivity contribution is 5.79. The largest absolute Gasteiger partial charge is 0.391 e. The number of aliphatic hydroxyl groups is 2. The van der Waals surface area contributed by atoms with Gasteiger partial charge in [0.15, 0.2) is 0 Å². The summed E-state index contributed by atoms with van der Waals surface area (Å²) in [6.07, 6.45) is 4.95. The van der Waals surface area contributed by atoms with Gasteiger partial charge in [0.2, 0.25) is 5.91 Å². The Hall–Kier alpha value is -1.57. The molecule has 1 aliphatic heterocycles. The van der Waals surface area contributed by atoms with Crippen molar-refractivity contribution >= 4 is 5.91 Å². The molecule has 1 saturated carbocycles. The van der Waals surface area contributed by atoms with Crippen molar-refractivity contribution in [3.63, 3.8) is 0 Å². The van der Waals surface area contributed by atoms with Crippen LogP contribution in [0.2, 0.25) is 0 Å². The van der Waals surface area contributed by atoms with Gasteiger partial charge in [0.1, 0.15) is 11.6 Å². The molecule has 7 heteroatoms. The van der Waals surface area contributed by atoms with Gasteiger partial charge >= 0.3 is 0 Å². The first-order chi connectivity index (χ1) is 13.6. The molecule has 0 aromatic heterocycles. The predicted octanol–water partition coefficient (Wildman–Crippen LogP) is 2.44. The highest BCUT2D eigenvalue weighted by Gasteiger charge is 2.48. The van der Waals surface area contributed by atoms with E-state index in [4.69, 9.17) is 0 Å². The molecule has 4 N–H and O–H groups in total. The first-order valence-electron chi connectivity index (χ1n) is 10.5. The third-order valence-electron chi connectivity index (χ3n) is 6.47. The van der Waals surface area contributed by atoms with E-state index in [1.54, 1.807) is 6.92 Å². The van der Waals surface area contributed by atoms with Crippen LogP contribution in [0.4, 0.5) is 8.78 Å². The number of carbonyl (C=O) groups excluding carboxylic acids is 1. The normalized spacial score (nSPS) is 28.7. The van der Waals surface area contributed by atoms with Crippen molar-refractivity contribution in [1.82, 2.24) is 10.6 Å². The molecular formula is C22H32F2N2O3. The van der Waals surface area contributed by atoms with Gasteiger partial charge in [-0.3, -0.25) is 4.79 Å². The molecule has 0 radical (unpaired) electrons. The van der Waals surface area contributed by atoms with Gasteiger partial charge in [-0.1, -0.05) is 19.3 Å². The quantitative estimate of drug-likeness (QED) is 0.601. The highest BCUT2D eigenvalue weighted by atomic mass is 19.1. The SMILES string of the molecule is CNC(=O)C(Cc1cc(F)cc(F)c1)C(O)C1CC(C)(O)CC2(CCCCC2)N1. The van der Waals surface area contributed by atoms with Gasteiger partial charge in [0.05, 0.1) is 17.6 Å². The van der Waals surface area contributed by atoms with Crippen LogP contribution in [0.5, 0.6) is 0 Å². The number of piperidine rings is 1. The summed E-state index contributed by atoms with van der Waals surface area (Å²) in [5.41, 5.74) is -0.888. The Kier molecular flexibility index (Phi) is 6.61. The van der Waals surface area contributed by atoms with E-state index >= 15 is 0 Å². The number of hydrogen-bond acceptors (Lipinski definition) is 4. The van der Waals surface area contributed by atoms with Crippen molar-refractivity contribution in [2.75, 3.05) is 7.05 Å². The standard InChI is InChI=1S/C22H32F2N2O3/c1-21(29)12-18(26-22(13-21)6-4-3-5-7-22)19(27)17(20(28)25-2)10-14-8-15(23)11-16(24)9-14/h8-9,11,17-19,26-27,29H,3-7,10,12-13H2,1-2H3,(H,25,28). The molecule has 2 aliphatic rings. The lowest BCUT2D eigenvalue weighted by Crippen LogP contribution is -2.65. The average molecular weight is 411 g/mol. The predicted molar refractivity (Wildman–Crippen MR) is 106 cm³/mol. The van der Waals surface area contributed by atoms with Crippen LogP contribution in [0.15, 0.2) is 18.2 Å². The van der Waals surface area contributed by atoms with Crippen LogP contribution in [0.3, 0.4) is 0 Å². The van der Waals surface area contributed by atoms with Crippen LogP contribution in [-0.2, 0) is 11.2 Å². The molecule has 1 amide bonds. The number of benzene rings is 1. The molecule has 4 unspecified atom stereocenters. The van der Waals surface area contributed by atoms with Crippen LogP contribution in [0.25, 0.3) is 0 Å². The monoisotopic (exact) mass is 410 g/mol. The van der Waals surface area contributed by atoms with Gasteiger partial charge in [-0.2, -0.15) is 0 Å². The molecule has 29 heavy (non-hydrogen) atoms. The number of aliphatic hydroxyl groups excluding tert-OH is 1. The summed E-state index contributed by atoms with van der Waals surface area (Å²) in [7, 11) is 1.47. The molecule has 5 nitrogen and oxygen atoms in total.